The van der Waals surface area contributed by atoms with Crippen LogP contribution in [-0.2, 0) is 20.9 Å². The Hall–Kier alpha value is -7.55. The molecule has 11 rings (SSSR count). The highest BCUT2D eigenvalue weighted by Crippen LogP contribution is 2.49. The summed E-state index contributed by atoms with van der Waals surface area (Å²) in [5, 5.41) is 45.5. The molecule has 0 spiro atoms. The second kappa shape index (κ2) is 22.1. The number of aromatic nitrogens is 7. The predicted octanol–water partition coefficient (Wildman–Crippen LogP) is 7.75. The molecule has 78 heavy (non-hydrogen) atoms. The van der Waals surface area contributed by atoms with Crippen molar-refractivity contribution in [1.29, 1.82) is 0 Å². The highest BCUT2D eigenvalue weighted by molar-refractivity contribution is 6.35. The zero-order chi connectivity index (χ0) is 54.4. The fourth-order valence-corrected chi connectivity index (χ4v) is 11.4. The lowest BCUT2D eigenvalue weighted by atomic mass is 9.94. The second-order valence-corrected chi connectivity index (χ2v) is 21.3. The van der Waals surface area contributed by atoms with Gasteiger partial charge in [-0.2, -0.15) is 15.1 Å². The SMILES string of the molecule is CO[C@@H](C)COc1nc(N2C[C@@H]3C[C@H]2CN3)c2cc(Cl)c(-c3c(C)c(F)cc4[nH]ncc34)c(OCc3ccc(-c4cn([C@H](C(=O)N5C[C@H](O)C[C@H]5C(=O)N[C@@H](CO)c5ccc(-c6ccccc6)cc5)C(C)C)nn4)cc3)c2n1. The van der Waals surface area contributed by atoms with E-state index in [0.29, 0.717) is 77.9 Å². The standard InChI is InChI=1S/C58H61ClFN11O7/c1-31(2)53(57(75)70-26-41(73)20-49(70)56(74)63-48(28-72)38-17-15-36(16-18-38)35-9-7-6-8-10-35)71-27-47(67-68-71)37-13-11-34(12-14-37)30-77-54-51(50-33(4)45(60)22-46-43(50)24-62-66-46)44(59)21-42-52(54)64-58(78-29-32(3)76-5)65-55(42)69-25-39-19-40(69)23-61-39/h6-18,21-22,24,27,31-32,39-41,48-49,53,61,72-73H,19-20,23,25-26,28-30H2,1-5H3,(H,62,66)(H,63,74)/t32-,39-,40-,41+,48-,49-,53-/m0/s1. The van der Waals surface area contributed by atoms with Gasteiger partial charge in [0.05, 0.1) is 47.8 Å². The molecule has 6 heterocycles. The van der Waals surface area contributed by atoms with Crippen LogP contribution in [0.4, 0.5) is 10.2 Å². The van der Waals surface area contributed by atoms with Crippen molar-refractivity contribution in [2.45, 2.75) is 89.6 Å². The number of hydrogen-bond acceptors (Lipinski definition) is 14. The minimum atomic E-state index is -0.984. The summed E-state index contributed by atoms with van der Waals surface area (Å²) in [6.45, 7) is 8.73. The van der Waals surface area contributed by atoms with E-state index in [0.717, 1.165) is 36.2 Å². The molecule has 2 bridgehead atoms. The number of likely N-dealkylation sites (tertiary alicyclic amines) is 1. The van der Waals surface area contributed by atoms with Gasteiger partial charge >= 0.3 is 6.01 Å². The number of hydrogen-bond donors (Lipinski definition) is 5. The van der Waals surface area contributed by atoms with E-state index in [9.17, 15) is 19.8 Å². The number of fused-ring (bicyclic) bond motifs is 4. The number of methoxy groups -OCH3 is 1. The first-order chi connectivity index (χ1) is 37.8. The summed E-state index contributed by atoms with van der Waals surface area (Å²) in [5.41, 5.74) is 6.95. The van der Waals surface area contributed by atoms with E-state index < -0.39 is 41.9 Å². The Bertz CT molecular complexity index is 3490. The number of aliphatic hydroxyl groups is 2. The number of nitrogens with zero attached hydrogens (tertiary/aromatic N) is 8. The maximum absolute atomic E-state index is 15.8. The molecule has 0 aliphatic carbocycles. The predicted molar refractivity (Wildman–Crippen MR) is 293 cm³/mol. The smallest absolute Gasteiger partial charge is 0.319 e. The molecule has 0 saturated carbocycles. The van der Waals surface area contributed by atoms with Gasteiger partial charge in [-0.1, -0.05) is 110 Å². The van der Waals surface area contributed by atoms with Crippen LogP contribution in [0.1, 0.15) is 62.4 Å². The van der Waals surface area contributed by atoms with Gasteiger partial charge in [-0.3, -0.25) is 14.7 Å². The molecular weight excluding hydrogens is 1020 g/mol. The van der Waals surface area contributed by atoms with E-state index in [1.807, 2.05) is 106 Å². The molecule has 0 radical (unpaired) electrons. The lowest BCUT2D eigenvalue weighted by molar-refractivity contribution is -0.142. The lowest BCUT2D eigenvalue weighted by Crippen LogP contribution is -2.50. The number of carbonyl (C=O) groups is 2. The number of carbonyl (C=O) groups excluding carboxylic acids is 2. The van der Waals surface area contributed by atoms with E-state index in [-0.39, 0.29) is 56.9 Å². The molecule has 3 fully saturated rings. The van der Waals surface area contributed by atoms with Gasteiger partial charge in [0.25, 0.3) is 0 Å². The Labute approximate surface area is 454 Å². The fourth-order valence-electron chi connectivity index (χ4n) is 11.1. The molecule has 3 aliphatic heterocycles. The summed E-state index contributed by atoms with van der Waals surface area (Å²) in [7, 11) is 1.61. The number of amides is 2. The van der Waals surface area contributed by atoms with Crippen molar-refractivity contribution in [2.24, 2.45) is 5.92 Å². The third-order valence-electron chi connectivity index (χ3n) is 15.3. The number of nitrogens with one attached hydrogen (secondary N) is 3. The van der Waals surface area contributed by atoms with Gasteiger partial charge in [-0.05, 0) is 66.1 Å². The van der Waals surface area contributed by atoms with Crippen molar-refractivity contribution >= 4 is 51.0 Å². The Morgan fingerprint density at radius 2 is 1.68 bits per heavy atom. The topological polar surface area (TPSA) is 218 Å². The maximum atomic E-state index is 15.8. The van der Waals surface area contributed by atoms with Crippen molar-refractivity contribution in [1.82, 2.24) is 50.7 Å². The molecule has 8 aromatic rings. The molecule has 3 aliphatic rings. The average Bonchev–Trinajstić information content (AvgIpc) is 4.47. The van der Waals surface area contributed by atoms with Crippen LogP contribution in [0.25, 0.3) is 55.3 Å². The van der Waals surface area contributed by atoms with Crippen LogP contribution < -0.4 is 25.0 Å². The van der Waals surface area contributed by atoms with E-state index in [1.54, 1.807) is 26.4 Å². The van der Waals surface area contributed by atoms with Crippen molar-refractivity contribution in [3.8, 4) is 45.3 Å². The van der Waals surface area contributed by atoms with Gasteiger partial charge in [-0.15, -0.1) is 5.10 Å². The molecule has 7 atom stereocenters. The van der Waals surface area contributed by atoms with Crippen LogP contribution in [0.2, 0.25) is 5.02 Å². The van der Waals surface area contributed by atoms with Gasteiger partial charge in [0, 0.05) is 72.7 Å². The summed E-state index contributed by atoms with van der Waals surface area (Å²) in [6.07, 6.45) is 3.17. The first kappa shape index (κ1) is 52.5. The quantitative estimate of drug-likeness (QED) is 0.0555. The monoisotopic (exact) mass is 1080 g/mol. The van der Waals surface area contributed by atoms with Crippen LogP contribution >= 0.6 is 11.6 Å². The van der Waals surface area contributed by atoms with Gasteiger partial charge < -0.3 is 44.9 Å². The number of benzene rings is 5. The number of halogens is 2. The summed E-state index contributed by atoms with van der Waals surface area (Å²) in [4.78, 5) is 42.2. The Balaban J connectivity index is 0.855. The summed E-state index contributed by atoms with van der Waals surface area (Å²) < 4.78 is 35.9. The Kier molecular flexibility index (Phi) is 14.8. The number of aliphatic hydroxyl groups excluding tert-OH is 2. The minimum Gasteiger partial charge on any atom is -0.486 e. The number of rotatable bonds is 18. The number of β-amino-alcohol motifs (C(OH)–C–C–N with tert-alkyl or cyclic N) is 1. The molecule has 3 saturated heterocycles. The minimum absolute atomic E-state index is 0.0372. The number of H-pyrrole nitrogens is 1. The molecule has 20 heteroatoms. The van der Waals surface area contributed by atoms with Crippen LogP contribution in [0.3, 0.4) is 0 Å². The number of piperazine rings is 1. The zero-order valence-electron chi connectivity index (χ0n) is 43.9. The maximum Gasteiger partial charge on any atom is 0.319 e. The van der Waals surface area contributed by atoms with Crippen molar-refractivity contribution in [2.75, 3.05) is 44.9 Å². The first-order valence-electron chi connectivity index (χ1n) is 26.3. The summed E-state index contributed by atoms with van der Waals surface area (Å²) >= 11 is 7.37. The molecule has 2 amide bonds. The van der Waals surface area contributed by atoms with E-state index in [2.05, 4.69) is 36.0 Å². The average molecular weight is 1080 g/mol. The van der Waals surface area contributed by atoms with Gasteiger partial charge in [-0.25, -0.2) is 9.07 Å². The third kappa shape index (κ3) is 10.2. The summed E-state index contributed by atoms with van der Waals surface area (Å²) in [6, 6.07) is 26.3. The van der Waals surface area contributed by atoms with Crippen molar-refractivity contribution in [3.63, 3.8) is 0 Å². The van der Waals surface area contributed by atoms with Crippen LogP contribution in [0, 0.1) is 18.7 Å². The fraction of sp³-hybridized carbons (Fsp3) is 0.362. The molecule has 3 aromatic heterocycles. The molecule has 0 unspecified atom stereocenters. The number of aromatic amines is 1. The van der Waals surface area contributed by atoms with Crippen LogP contribution in [0.5, 0.6) is 11.8 Å². The highest BCUT2D eigenvalue weighted by atomic mass is 35.5. The van der Waals surface area contributed by atoms with Gasteiger partial charge in [0.2, 0.25) is 11.8 Å². The third-order valence-corrected chi connectivity index (χ3v) is 15.6. The van der Waals surface area contributed by atoms with Gasteiger partial charge in [0.15, 0.2) is 5.75 Å². The molecular formula is C58H61ClFN11O7. The molecule has 18 nitrogen and oxygen atoms in total. The van der Waals surface area contributed by atoms with Crippen molar-refractivity contribution < 1.29 is 38.4 Å². The van der Waals surface area contributed by atoms with Crippen LogP contribution in [0.15, 0.2) is 103 Å². The summed E-state index contributed by atoms with van der Waals surface area (Å²) in [5.74, 6) is -0.626. The van der Waals surface area contributed by atoms with E-state index in [4.69, 9.17) is 35.8 Å². The normalized spacial score (nSPS) is 19.3. The van der Waals surface area contributed by atoms with E-state index >= 15 is 4.39 Å². The zero-order valence-corrected chi connectivity index (χ0v) is 44.6. The second-order valence-electron chi connectivity index (χ2n) is 20.9. The first-order valence-corrected chi connectivity index (χ1v) is 26.7. The number of anilines is 1. The lowest BCUT2D eigenvalue weighted by Gasteiger charge is -2.30. The van der Waals surface area contributed by atoms with Gasteiger partial charge in [0.1, 0.15) is 48.1 Å². The highest BCUT2D eigenvalue weighted by Gasteiger charge is 2.44. The Morgan fingerprint density at radius 3 is 2.38 bits per heavy atom. The molecule has 5 N–H and O–H groups in total. The van der Waals surface area contributed by atoms with Crippen LogP contribution in [-0.4, -0.2) is 132 Å². The van der Waals surface area contributed by atoms with Crippen molar-refractivity contribution in [3.05, 3.63) is 131 Å². The molecule has 404 valence electrons. The Morgan fingerprint density at radius 1 is 0.923 bits per heavy atom. The van der Waals surface area contributed by atoms with E-state index in [1.165, 1.54) is 15.6 Å². The number of ether oxygens (including phenoxy) is 3. The molecule has 5 aromatic carbocycles. The largest absolute Gasteiger partial charge is 0.486 e.